The highest BCUT2D eigenvalue weighted by Gasteiger charge is 2.27. The van der Waals surface area contributed by atoms with Gasteiger partial charge < -0.3 is 28.5 Å². The summed E-state index contributed by atoms with van der Waals surface area (Å²) in [5.74, 6) is -0.576. The van der Waals surface area contributed by atoms with Crippen molar-refractivity contribution in [3.8, 4) is 0 Å². The summed E-state index contributed by atoms with van der Waals surface area (Å²) in [4.78, 5) is 40.1. The molecule has 0 aliphatic rings. The van der Waals surface area contributed by atoms with Crippen molar-refractivity contribution in [1.82, 2.24) is 5.32 Å². The van der Waals surface area contributed by atoms with Gasteiger partial charge in [0.05, 0.1) is 33.8 Å². The summed E-state index contributed by atoms with van der Waals surface area (Å²) in [6, 6.07) is -0.907. The number of nitrogens with zero attached hydrogens (tertiary/aromatic N) is 1. The molecule has 9 nitrogen and oxygen atoms in total. The van der Waals surface area contributed by atoms with Gasteiger partial charge in [-0.05, 0) is 115 Å². The number of quaternary nitrogens is 1. The van der Waals surface area contributed by atoms with E-state index in [1.54, 1.807) is 0 Å². The second-order valence-electron chi connectivity index (χ2n) is 24.3. The summed E-state index contributed by atoms with van der Waals surface area (Å²) in [5, 5.41) is 3.03. The molecule has 10 heteroatoms. The second-order valence-corrected chi connectivity index (χ2v) is 25.7. The van der Waals surface area contributed by atoms with Crippen LogP contribution in [0.2, 0.25) is 0 Å². The Labute approximate surface area is 513 Å². The summed E-state index contributed by atoms with van der Waals surface area (Å²) in [7, 11) is 1.16. The average Bonchev–Trinajstić information content (AvgIpc) is 3.51. The Morgan fingerprint density at radius 3 is 1.13 bits per heavy atom. The van der Waals surface area contributed by atoms with Crippen LogP contribution in [-0.2, 0) is 27.9 Å². The quantitative estimate of drug-likeness (QED) is 0.0212. The summed E-state index contributed by atoms with van der Waals surface area (Å²) in [5.41, 5.74) is 0. The van der Waals surface area contributed by atoms with Gasteiger partial charge in [-0.3, -0.25) is 14.2 Å². The van der Waals surface area contributed by atoms with Gasteiger partial charge in [0.2, 0.25) is 5.91 Å². The number of hydrogen-bond donors (Lipinski definition) is 1. The Morgan fingerprint density at radius 2 is 0.735 bits per heavy atom. The maximum absolute atomic E-state index is 13.6. The van der Waals surface area contributed by atoms with Crippen molar-refractivity contribution < 1.29 is 37.3 Å². The van der Waals surface area contributed by atoms with Gasteiger partial charge in [-0.25, -0.2) is 0 Å². The Kier molecular flexibility index (Phi) is 59.7. The van der Waals surface area contributed by atoms with Crippen LogP contribution in [0.25, 0.3) is 0 Å². The number of carbonyl (C=O) groups is 2. The lowest BCUT2D eigenvalue weighted by molar-refractivity contribution is -0.870. The Morgan fingerprint density at radius 1 is 0.422 bits per heavy atom. The fraction of sp³-hybridized carbons (Fsp3) is 0.753. The van der Waals surface area contributed by atoms with Crippen LogP contribution in [-0.4, -0.2) is 69.4 Å². The zero-order valence-corrected chi connectivity index (χ0v) is 55.8. The third kappa shape index (κ3) is 63.3. The highest BCUT2D eigenvalue weighted by molar-refractivity contribution is 7.45. The third-order valence-corrected chi connectivity index (χ3v) is 16.0. The molecule has 0 rings (SSSR count). The van der Waals surface area contributed by atoms with E-state index in [4.69, 9.17) is 13.8 Å². The van der Waals surface area contributed by atoms with Crippen molar-refractivity contribution in [2.75, 3.05) is 40.9 Å². The number of unbranched alkanes of at least 4 members (excludes halogenated alkanes) is 32. The fourth-order valence-electron chi connectivity index (χ4n) is 9.63. The molecule has 0 heterocycles. The largest absolute Gasteiger partial charge is 0.756 e. The molecule has 83 heavy (non-hydrogen) atoms. The van der Waals surface area contributed by atoms with Gasteiger partial charge in [0, 0.05) is 12.8 Å². The van der Waals surface area contributed by atoms with Crippen LogP contribution in [0.15, 0.2) is 97.2 Å². The standard InChI is InChI=1S/C73H131N2O7P/c1-7-10-13-16-19-22-25-27-29-31-33-34-35-36-37-38-39-40-42-43-45-47-50-53-56-59-62-65-72(76)74-70(69-81-83(78,79)80-68-67-75(4,5)6)71(64-61-58-55-52-49-24-21-18-15-12-9-3)82-73(77)66-63-60-57-54-51-48-46-44-41-32-30-28-26-23-20-17-14-11-8-2/h19-20,22-23,27-30,33-34,41,44,48,51,61,64,70-71H,7-18,21,24-26,31-32,35-40,42-43,45-47,49-50,52-60,62-63,65-69H2,1-6H3,(H-,74,76,78,79)/b22-19-,23-20-,29-27-,30-28-,34-33-,44-41-,51-48-,64-61-. The summed E-state index contributed by atoms with van der Waals surface area (Å²) < 4.78 is 30.4. The molecular weight excluding hydrogens is 1050 g/mol. The van der Waals surface area contributed by atoms with Gasteiger partial charge in [0.1, 0.15) is 19.3 Å². The van der Waals surface area contributed by atoms with Crippen LogP contribution < -0.4 is 10.2 Å². The first-order valence-electron chi connectivity index (χ1n) is 34.5. The van der Waals surface area contributed by atoms with E-state index in [0.29, 0.717) is 23.9 Å². The van der Waals surface area contributed by atoms with E-state index in [1.807, 2.05) is 33.3 Å². The predicted molar refractivity (Wildman–Crippen MR) is 358 cm³/mol. The minimum absolute atomic E-state index is 0.0312. The van der Waals surface area contributed by atoms with Crippen molar-refractivity contribution in [2.24, 2.45) is 0 Å². The van der Waals surface area contributed by atoms with E-state index in [1.165, 1.54) is 173 Å². The lowest BCUT2D eigenvalue weighted by Crippen LogP contribution is -2.47. The predicted octanol–water partition coefficient (Wildman–Crippen LogP) is 21.3. The van der Waals surface area contributed by atoms with Gasteiger partial charge in [-0.2, -0.15) is 0 Å². The normalized spacial score (nSPS) is 14.2. The first-order valence-corrected chi connectivity index (χ1v) is 36.0. The van der Waals surface area contributed by atoms with Crippen molar-refractivity contribution in [3.63, 3.8) is 0 Å². The average molecular weight is 1180 g/mol. The SMILES string of the molecule is CCCCC/C=C\C/C=C\C/C=C\C/C=C\CCCCCC(=O)OC(/C=C\CCCCCCCCCCC)C(COP(=O)([O-])OCC[N+](C)(C)C)NC(=O)CCCCCCCCCCCCCCCC/C=C\C/C=C\C/C=C\CCCCC. The van der Waals surface area contributed by atoms with Crippen LogP contribution >= 0.6 is 7.82 Å². The van der Waals surface area contributed by atoms with Crippen molar-refractivity contribution >= 4 is 19.7 Å². The number of hydrogen-bond acceptors (Lipinski definition) is 7. The monoisotopic (exact) mass is 1180 g/mol. The molecular formula is C73H131N2O7P. The second kappa shape index (κ2) is 62.0. The van der Waals surface area contributed by atoms with E-state index in [2.05, 4.69) is 111 Å². The lowest BCUT2D eigenvalue weighted by atomic mass is 10.0. The minimum atomic E-state index is -4.71. The lowest BCUT2D eigenvalue weighted by Gasteiger charge is -2.30. The molecule has 0 radical (unpaired) electrons. The molecule has 1 N–H and O–H groups in total. The first kappa shape index (κ1) is 79.9. The number of phosphoric ester groups is 1. The van der Waals surface area contributed by atoms with Crippen LogP contribution in [0.1, 0.15) is 303 Å². The highest BCUT2D eigenvalue weighted by Crippen LogP contribution is 2.38. The number of likely N-dealkylation sites (N-methyl/N-ethyl adjacent to an activating group) is 1. The zero-order chi connectivity index (χ0) is 60.7. The number of esters is 1. The zero-order valence-electron chi connectivity index (χ0n) is 54.9. The van der Waals surface area contributed by atoms with E-state index in [9.17, 15) is 19.0 Å². The van der Waals surface area contributed by atoms with Gasteiger partial charge >= 0.3 is 5.97 Å². The number of nitrogens with one attached hydrogen (secondary N) is 1. The van der Waals surface area contributed by atoms with E-state index in [-0.39, 0.29) is 24.9 Å². The molecule has 1 amide bonds. The smallest absolute Gasteiger partial charge is 0.306 e. The van der Waals surface area contributed by atoms with Crippen LogP contribution in [0.3, 0.4) is 0 Å². The van der Waals surface area contributed by atoms with Crippen molar-refractivity contribution in [1.29, 1.82) is 0 Å². The molecule has 0 aromatic heterocycles. The molecule has 3 unspecified atom stereocenters. The highest BCUT2D eigenvalue weighted by atomic mass is 31.2. The molecule has 0 bridgehead atoms. The number of amides is 1. The molecule has 0 aliphatic heterocycles. The topological polar surface area (TPSA) is 114 Å². The molecule has 480 valence electrons. The summed E-state index contributed by atoms with van der Waals surface area (Å²) >= 11 is 0. The molecule has 0 spiro atoms. The van der Waals surface area contributed by atoms with Crippen LogP contribution in [0.4, 0.5) is 0 Å². The van der Waals surface area contributed by atoms with Gasteiger partial charge in [-0.15, -0.1) is 0 Å². The molecule has 0 fully saturated rings. The van der Waals surface area contributed by atoms with Crippen LogP contribution in [0, 0.1) is 0 Å². The molecule has 0 saturated carbocycles. The molecule has 0 saturated heterocycles. The van der Waals surface area contributed by atoms with Gasteiger partial charge in [0.15, 0.2) is 0 Å². The van der Waals surface area contributed by atoms with Crippen molar-refractivity contribution in [2.45, 2.75) is 315 Å². The minimum Gasteiger partial charge on any atom is -0.756 e. The van der Waals surface area contributed by atoms with Crippen LogP contribution in [0.5, 0.6) is 0 Å². The number of ether oxygens (including phenoxy) is 1. The van der Waals surface area contributed by atoms with E-state index < -0.39 is 26.6 Å². The van der Waals surface area contributed by atoms with E-state index >= 15 is 0 Å². The number of phosphoric acid groups is 1. The maximum atomic E-state index is 13.6. The third-order valence-electron chi connectivity index (χ3n) is 15.0. The van der Waals surface area contributed by atoms with E-state index in [0.717, 1.165) is 89.9 Å². The molecule has 0 aliphatic carbocycles. The molecule has 0 aromatic carbocycles. The number of carbonyl (C=O) groups excluding carboxylic acids is 2. The maximum Gasteiger partial charge on any atom is 0.306 e. The molecule has 0 aromatic rings. The van der Waals surface area contributed by atoms with Crippen molar-refractivity contribution in [3.05, 3.63) is 97.2 Å². The first-order chi connectivity index (χ1) is 40.4. The fourth-order valence-corrected chi connectivity index (χ4v) is 10.4. The van der Waals surface area contributed by atoms with Gasteiger partial charge in [-0.1, -0.05) is 272 Å². The Balaban J connectivity index is 5.07. The summed E-state index contributed by atoms with van der Waals surface area (Å²) in [6.07, 6.45) is 83.9. The number of rotatable bonds is 62. The Hall–Kier alpha value is -3.07. The number of allylic oxidation sites excluding steroid dienone is 15. The van der Waals surface area contributed by atoms with Gasteiger partial charge in [0.25, 0.3) is 7.82 Å². The molecule has 3 atom stereocenters. The summed E-state index contributed by atoms with van der Waals surface area (Å²) in [6.45, 7) is 6.77. The Bertz CT molecular complexity index is 1740.